The number of rotatable bonds is 17. The molecule has 1 N–H and O–H groups in total. The lowest BCUT2D eigenvalue weighted by Crippen LogP contribution is -3.14. The lowest BCUT2D eigenvalue weighted by molar-refractivity contribution is -0.908. The number of quaternary nitrogens is 1. The molecule has 0 heterocycles. The molecule has 0 aliphatic heterocycles. The minimum atomic E-state index is -3.67. The number of nitrogens with one attached hydrogen (secondary N) is 1. The number of benzene rings is 3. The maximum atomic E-state index is 9.67. The van der Waals surface area contributed by atoms with Gasteiger partial charge in [0.15, 0.2) is 0 Å². The van der Waals surface area contributed by atoms with Gasteiger partial charge in [0.2, 0.25) is 0 Å². The molecule has 4 rings (SSSR count). The molecule has 4 nitrogen and oxygen atoms in total. The first-order chi connectivity index (χ1) is 25.7. The highest BCUT2D eigenvalue weighted by Crippen LogP contribution is 2.30. The van der Waals surface area contributed by atoms with Crippen LogP contribution in [0.25, 0.3) is 11.1 Å². The first-order valence-corrected chi connectivity index (χ1v) is 19.5. The quantitative estimate of drug-likeness (QED) is 0.0914. The lowest BCUT2D eigenvalue weighted by Gasteiger charge is -2.24. The van der Waals surface area contributed by atoms with Gasteiger partial charge in [0, 0.05) is 56.3 Å². The Kier molecular flexibility index (Phi) is 20.3. The van der Waals surface area contributed by atoms with Crippen molar-refractivity contribution in [3.05, 3.63) is 138 Å². The molecule has 0 saturated heterocycles. The van der Waals surface area contributed by atoms with Crippen molar-refractivity contribution in [2.45, 2.75) is 61.4 Å². The Morgan fingerprint density at radius 2 is 0.907 bits per heavy atom. The largest absolute Gasteiger partial charge is 1.00 e. The van der Waals surface area contributed by atoms with Crippen LogP contribution in [-0.4, -0.2) is 65.9 Å². The molecule has 292 valence electrons. The van der Waals surface area contributed by atoms with E-state index in [2.05, 4.69) is 185 Å². The molecule has 1 aliphatic rings. The predicted molar refractivity (Wildman–Crippen MR) is 226 cm³/mol. The molecule has 0 atom stereocenters. The summed E-state index contributed by atoms with van der Waals surface area (Å²) < 4.78 is 29.0. The first kappa shape index (κ1) is 45.7. The fourth-order valence-corrected chi connectivity index (χ4v) is 6.99. The number of anilines is 3. The van der Waals surface area contributed by atoms with Crippen molar-refractivity contribution in [1.82, 2.24) is 0 Å². The van der Waals surface area contributed by atoms with E-state index in [4.69, 9.17) is 0 Å². The highest BCUT2D eigenvalue weighted by atomic mass is 19.4. The van der Waals surface area contributed by atoms with Crippen LogP contribution >= 0.6 is 0 Å². The molecule has 0 aromatic heterocycles. The normalized spacial score (nSPS) is 13.3. The molecule has 0 fully saturated rings. The number of allylic oxidation sites excluding steroid dienone is 7. The molecular weight excluding hydrogens is 683 g/mol. The minimum absolute atomic E-state index is 0. The van der Waals surface area contributed by atoms with Crippen molar-refractivity contribution in [3.63, 3.8) is 0 Å². The third-order valence-corrected chi connectivity index (χ3v) is 10.1. The Bertz CT molecular complexity index is 1570. The van der Waals surface area contributed by atoms with Gasteiger partial charge in [-0.15, -0.1) is 0 Å². The Morgan fingerprint density at radius 3 is 1.22 bits per heavy atom. The maximum absolute atomic E-state index is 9.67. The third kappa shape index (κ3) is 12.8. The van der Waals surface area contributed by atoms with Crippen LogP contribution in [0.2, 0.25) is 0 Å². The summed E-state index contributed by atoms with van der Waals surface area (Å²) >= 11 is 0. The van der Waals surface area contributed by atoms with Gasteiger partial charge in [-0.3, -0.25) is 12.9 Å². The second kappa shape index (κ2) is 24.0. The highest BCUT2D eigenvalue weighted by molar-refractivity contribution is 6.33. The SMILES string of the molecule is CCN(CC)c1ccc(C(=CC=CC(=C2C=CC([NH+](CC)CC)C=C2)c2ccc(N(CC)CC)cc2)c2ccc(N(CC)CC)cc2)cc1.FB(F)F.[F-]. The summed E-state index contributed by atoms with van der Waals surface area (Å²) in [5.41, 5.74) is 11.2. The summed E-state index contributed by atoms with van der Waals surface area (Å²) in [4.78, 5) is 8.77. The lowest BCUT2D eigenvalue weighted by atomic mass is 9.93. The Balaban J connectivity index is 0.00000192. The molecule has 0 bridgehead atoms. The van der Waals surface area contributed by atoms with E-state index in [0.717, 1.165) is 52.4 Å². The number of likely N-dealkylation sites (N-methyl/N-ethyl adjacent to an activating group) is 1. The molecule has 0 spiro atoms. The number of halogens is 4. The number of hydrogen-bond acceptors (Lipinski definition) is 3. The zero-order chi connectivity index (χ0) is 38.8. The fourth-order valence-electron chi connectivity index (χ4n) is 6.99. The van der Waals surface area contributed by atoms with Crippen molar-refractivity contribution >= 4 is 35.8 Å². The van der Waals surface area contributed by atoms with Crippen molar-refractivity contribution in [1.29, 1.82) is 0 Å². The summed E-state index contributed by atoms with van der Waals surface area (Å²) in [5, 5.41) is 0. The third-order valence-electron chi connectivity index (χ3n) is 10.1. The Morgan fingerprint density at radius 1 is 0.574 bits per heavy atom. The molecule has 54 heavy (non-hydrogen) atoms. The monoisotopic (exact) mass is 744 g/mol. The molecule has 3 aromatic carbocycles. The van der Waals surface area contributed by atoms with Crippen LogP contribution in [0.1, 0.15) is 72.1 Å². The Hall–Kier alpha value is -4.50. The molecule has 0 unspecified atom stereocenters. The summed E-state index contributed by atoms with van der Waals surface area (Å²) in [7, 11) is -3.67. The van der Waals surface area contributed by atoms with Gasteiger partial charge in [-0.1, -0.05) is 66.8 Å². The summed E-state index contributed by atoms with van der Waals surface area (Å²) in [6.45, 7) is 26.1. The van der Waals surface area contributed by atoms with E-state index in [9.17, 15) is 12.9 Å². The molecule has 9 heteroatoms. The highest BCUT2D eigenvalue weighted by Gasteiger charge is 2.17. The van der Waals surface area contributed by atoms with Gasteiger partial charge in [-0.2, -0.15) is 0 Å². The zero-order valence-corrected chi connectivity index (χ0v) is 33.6. The maximum Gasteiger partial charge on any atom is 0.762 e. The van der Waals surface area contributed by atoms with Gasteiger partial charge < -0.3 is 24.3 Å². The van der Waals surface area contributed by atoms with Gasteiger partial charge in [0.05, 0.1) is 13.1 Å². The van der Waals surface area contributed by atoms with Gasteiger partial charge >= 0.3 is 7.54 Å². The fraction of sp³-hybridized carbons (Fsp3) is 0.378. The van der Waals surface area contributed by atoms with Gasteiger partial charge in [0.1, 0.15) is 6.04 Å². The van der Waals surface area contributed by atoms with Crippen molar-refractivity contribution < 1.29 is 22.6 Å². The second-order valence-electron chi connectivity index (χ2n) is 12.8. The van der Waals surface area contributed by atoms with E-state index < -0.39 is 7.54 Å². The van der Waals surface area contributed by atoms with E-state index in [0.29, 0.717) is 6.04 Å². The topological polar surface area (TPSA) is 14.2 Å². The van der Waals surface area contributed by atoms with Crippen LogP contribution in [0.5, 0.6) is 0 Å². The molecule has 3 aromatic rings. The predicted octanol–water partition coefficient (Wildman–Crippen LogP) is 6.97. The summed E-state index contributed by atoms with van der Waals surface area (Å²) in [6, 6.07) is 27.7. The number of hydrogen-bond donors (Lipinski definition) is 1. The summed E-state index contributed by atoms with van der Waals surface area (Å²) in [5.74, 6) is 0. The number of nitrogens with zero attached hydrogens (tertiary/aromatic N) is 3. The summed E-state index contributed by atoms with van der Waals surface area (Å²) in [6.07, 6.45) is 16.3. The minimum Gasteiger partial charge on any atom is -1.00 e. The average molecular weight is 745 g/mol. The standard InChI is InChI=1S/C45H60N4.BF3.FH/c1-9-46(10-2)40-28-20-36(21-29-40)44(37-22-30-41(31-23-37)47(11-3)12-4)18-17-19-45(38-24-32-42(33-25-38)48(13-5)14-6)39-26-34-43(35-27-39)49(15-7)16-8;2-1(3)4;/h17-35,40H,9-16H2,1-8H3;;1H. The van der Waals surface area contributed by atoms with Crippen molar-refractivity contribution in [3.8, 4) is 0 Å². The van der Waals surface area contributed by atoms with Gasteiger partial charge in [0.25, 0.3) is 0 Å². The van der Waals surface area contributed by atoms with Crippen LogP contribution in [0, 0.1) is 0 Å². The molecular formula is C45H61BF4N4. The van der Waals surface area contributed by atoms with Crippen molar-refractivity contribution in [2.75, 3.05) is 67.1 Å². The van der Waals surface area contributed by atoms with E-state index in [1.807, 2.05) is 0 Å². The van der Waals surface area contributed by atoms with Crippen LogP contribution < -0.4 is 24.3 Å². The Labute approximate surface area is 323 Å². The molecule has 0 saturated carbocycles. The van der Waals surface area contributed by atoms with E-state index >= 15 is 0 Å². The van der Waals surface area contributed by atoms with Crippen LogP contribution in [-0.2, 0) is 0 Å². The van der Waals surface area contributed by atoms with Crippen LogP contribution in [0.15, 0.2) is 121 Å². The zero-order valence-electron chi connectivity index (χ0n) is 33.6. The smallest absolute Gasteiger partial charge is 0.762 e. The first-order valence-electron chi connectivity index (χ1n) is 19.5. The van der Waals surface area contributed by atoms with E-state index in [-0.39, 0.29) is 4.70 Å². The average Bonchev–Trinajstić information content (AvgIpc) is 3.18. The van der Waals surface area contributed by atoms with Crippen LogP contribution in [0.4, 0.5) is 30.0 Å². The van der Waals surface area contributed by atoms with Crippen molar-refractivity contribution in [2.24, 2.45) is 0 Å². The molecule has 1 aliphatic carbocycles. The van der Waals surface area contributed by atoms with Gasteiger partial charge in [-0.25, -0.2) is 0 Å². The molecule has 0 amide bonds. The van der Waals surface area contributed by atoms with E-state index in [1.165, 1.54) is 50.5 Å². The van der Waals surface area contributed by atoms with Crippen LogP contribution in [0.3, 0.4) is 0 Å². The molecule has 0 radical (unpaired) electrons. The second-order valence-corrected chi connectivity index (χ2v) is 12.8. The van der Waals surface area contributed by atoms with E-state index in [1.54, 1.807) is 4.90 Å². The van der Waals surface area contributed by atoms with Gasteiger partial charge in [-0.05, 0) is 137 Å².